The van der Waals surface area contributed by atoms with Gasteiger partial charge in [0.05, 0.1) is 13.2 Å². The smallest absolute Gasteiger partial charge is 0.452 e. The van der Waals surface area contributed by atoms with Crippen LogP contribution in [0.3, 0.4) is 0 Å². The van der Waals surface area contributed by atoms with Crippen LogP contribution in [0.25, 0.3) is 0 Å². The van der Waals surface area contributed by atoms with E-state index in [1.165, 1.54) is 81.6 Å². The first-order valence-electron chi connectivity index (χ1n) is 13.4. The highest BCUT2D eigenvalue weighted by Crippen LogP contribution is 2.23. The molecule has 3 amide bonds. The van der Waals surface area contributed by atoms with Crippen LogP contribution in [0, 0.1) is 11.7 Å². The van der Waals surface area contributed by atoms with E-state index in [2.05, 4.69) is 16.0 Å². The zero-order valence-electron chi connectivity index (χ0n) is 23.9. The molecule has 3 aromatic rings. The van der Waals surface area contributed by atoms with Gasteiger partial charge in [0.1, 0.15) is 23.7 Å². The summed E-state index contributed by atoms with van der Waals surface area (Å²) < 4.78 is 59.0. The maximum atomic E-state index is 14.0. The second-order valence-electron chi connectivity index (χ2n) is 10.2. The van der Waals surface area contributed by atoms with Crippen LogP contribution in [-0.2, 0) is 20.8 Å². The largest absolute Gasteiger partial charge is 0.497 e. The molecular weight excluding hydrogens is 606 g/mol. The van der Waals surface area contributed by atoms with Crippen LogP contribution in [0.1, 0.15) is 41.4 Å². The topological polar surface area (TPSA) is 114 Å². The van der Waals surface area contributed by atoms with E-state index in [1.807, 2.05) is 0 Å². The SMILES string of the molecule is COc1ccc(C(NC(=O)C(Cc2cccc(F)c2)NC(=O)c2cccc(Cl)c2)C(=O)NC(C(=O)C(F)(F)F)C(C)C)cc1. The first-order chi connectivity index (χ1) is 20.7. The van der Waals surface area contributed by atoms with Crippen molar-refractivity contribution in [1.29, 1.82) is 0 Å². The van der Waals surface area contributed by atoms with E-state index in [-0.39, 0.29) is 22.6 Å². The number of nitrogens with one attached hydrogen (secondary N) is 3. The standard InChI is InChI=1S/C31H30ClF4N3O5/c1-17(2)25(27(40)31(34,35)36)38-30(43)26(19-10-12-23(44-3)13-11-19)39-29(42)24(15-18-6-4-9-22(33)14-18)37-28(41)20-7-5-8-21(32)16-20/h4-14,16-17,24-26H,15H2,1-3H3,(H,37,41)(H,38,43)(H,39,42). The van der Waals surface area contributed by atoms with Crippen molar-refractivity contribution >= 4 is 35.1 Å². The molecule has 3 aromatic carbocycles. The van der Waals surface area contributed by atoms with Crippen molar-refractivity contribution in [3.63, 3.8) is 0 Å². The number of hydrogen-bond acceptors (Lipinski definition) is 5. The molecule has 3 N–H and O–H groups in total. The number of carbonyl (C=O) groups excluding carboxylic acids is 4. The van der Waals surface area contributed by atoms with Gasteiger partial charge < -0.3 is 20.7 Å². The maximum Gasteiger partial charge on any atom is 0.452 e. The minimum Gasteiger partial charge on any atom is -0.497 e. The number of ketones is 1. The Labute approximate surface area is 256 Å². The average molecular weight is 636 g/mol. The van der Waals surface area contributed by atoms with E-state index in [9.17, 15) is 36.7 Å². The minimum atomic E-state index is -5.22. The normalized spacial score (nSPS) is 13.4. The van der Waals surface area contributed by atoms with Crippen LogP contribution in [0.15, 0.2) is 72.8 Å². The molecular formula is C31H30ClF4N3O5. The van der Waals surface area contributed by atoms with Gasteiger partial charge in [0.2, 0.25) is 11.8 Å². The summed E-state index contributed by atoms with van der Waals surface area (Å²) in [6.45, 7) is 2.66. The molecule has 0 aliphatic heterocycles. The Morgan fingerprint density at radius 3 is 2.09 bits per heavy atom. The Morgan fingerprint density at radius 2 is 1.52 bits per heavy atom. The number of ether oxygens (including phenoxy) is 1. The van der Waals surface area contributed by atoms with Crippen molar-refractivity contribution < 1.29 is 41.5 Å². The Bertz CT molecular complexity index is 1500. The number of methoxy groups -OCH3 is 1. The lowest BCUT2D eigenvalue weighted by Gasteiger charge is -2.27. The molecule has 0 bridgehead atoms. The van der Waals surface area contributed by atoms with Gasteiger partial charge in [-0.15, -0.1) is 0 Å². The second-order valence-corrected chi connectivity index (χ2v) is 10.6. The first-order valence-corrected chi connectivity index (χ1v) is 13.7. The predicted octanol–water partition coefficient (Wildman–Crippen LogP) is 4.96. The van der Waals surface area contributed by atoms with Crippen molar-refractivity contribution in [1.82, 2.24) is 16.0 Å². The highest BCUT2D eigenvalue weighted by atomic mass is 35.5. The number of carbonyl (C=O) groups is 4. The van der Waals surface area contributed by atoms with E-state index >= 15 is 0 Å². The quantitative estimate of drug-likeness (QED) is 0.244. The van der Waals surface area contributed by atoms with Crippen molar-refractivity contribution in [3.05, 3.63) is 100 Å². The number of rotatable bonds is 12. The molecule has 0 saturated carbocycles. The molecule has 234 valence electrons. The summed E-state index contributed by atoms with van der Waals surface area (Å²) in [5.74, 6) is -6.02. The summed E-state index contributed by atoms with van der Waals surface area (Å²) in [4.78, 5) is 52.3. The molecule has 0 saturated heterocycles. The molecule has 0 aliphatic carbocycles. The van der Waals surface area contributed by atoms with Gasteiger partial charge in [0, 0.05) is 17.0 Å². The second kappa shape index (κ2) is 14.8. The van der Waals surface area contributed by atoms with Gasteiger partial charge in [0.25, 0.3) is 11.7 Å². The molecule has 44 heavy (non-hydrogen) atoms. The summed E-state index contributed by atoms with van der Waals surface area (Å²) in [5, 5.41) is 7.41. The molecule has 0 aromatic heterocycles. The van der Waals surface area contributed by atoms with Gasteiger partial charge >= 0.3 is 6.18 Å². The van der Waals surface area contributed by atoms with E-state index < -0.39 is 59.5 Å². The first kappa shape index (κ1) is 34.0. The number of Topliss-reactive ketones (excluding diaryl/α,β-unsaturated/α-hetero) is 1. The van der Waals surface area contributed by atoms with Crippen molar-refractivity contribution in [2.24, 2.45) is 5.92 Å². The number of halogens is 5. The molecule has 8 nitrogen and oxygen atoms in total. The molecule has 0 radical (unpaired) electrons. The monoisotopic (exact) mass is 635 g/mol. The van der Waals surface area contributed by atoms with Gasteiger partial charge in [-0.2, -0.15) is 13.2 Å². The van der Waals surface area contributed by atoms with Crippen LogP contribution in [0.4, 0.5) is 17.6 Å². The lowest BCUT2D eigenvalue weighted by atomic mass is 9.97. The number of alkyl halides is 3. The summed E-state index contributed by atoms with van der Waals surface area (Å²) in [6.07, 6.45) is -5.43. The highest BCUT2D eigenvalue weighted by Gasteiger charge is 2.45. The van der Waals surface area contributed by atoms with Gasteiger partial charge in [-0.05, 0) is 59.5 Å². The van der Waals surface area contributed by atoms with E-state index in [0.717, 1.165) is 6.07 Å². The summed E-state index contributed by atoms with van der Waals surface area (Å²) in [6, 6.07) is 12.0. The summed E-state index contributed by atoms with van der Waals surface area (Å²) in [7, 11) is 1.40. The minimum absolute atomic E-state index is 0.115. The van der Waals surface area contributed by atoms with Crippen LogP contribution < -0.4 is 20.7 Å². The van der Waals surface area contributed by atoms with Crippen LogP contribution in [0.5, 0.6) is 5.75 Å². The van der Waals surface area contributed by atoms with Crippen molar-refractivity contribution in [2.75, 3.05) is 7.11 Å². The fraction of sp³-hybridized carbons (Fsp3) is 0.290. The van der Waals surface area contributed by atoms with E-state index in [0.29, 0.717) is 11.3 Å². The lowest BCUT2D eigenvalue weighted by molar-refractivity contribution is -0.175. The zero-order valence-corrected chi connectivity index (χ0v) is 24.6. The fourth-order valence-corrected chi connectivity index (χ4v) is 4.46. The highest BCUT2D eigenvalue weighted by molar-refractivity contribution is 6.31. The molecule has 3 rings (SSSR count). The third kappa shape index (κ3) is 9.27. The molecule has 0 aliphatic rings. The van der Waals surface area contributed by atoms with Gasteiger partial charge in [-0.3, -0.25) is 19.2 Å². The third-order valence-electron chi connectivity index (χ3n) is 6.56. The molecule has 0 spiro atoms. The van der Waals surface area contributed by atoms with Gasteiger partial charge in [0.15, 0.2) is 0 Å². The van der Waals surface area contributed by atoms with E-state index in [1.54, 1.807) is 6.07 Å². The van der Waals surface area contributed by atoms with E-state index in [4.69, 9.17) is 16.3 Å². The molecule has 13 heteroatoms. The zero-order chi connectivity index (χ0) is 32.6. The summed E-state index contributed by atoms with van der Waals surface area (Å²) >= 11 is 5.99. The predicted molar refractivity (Wildman–Crippen MR) is 155 cm³/mol. The number of benzene rings is 3. The van der Waals surface area contributed by atoms with Crippen molar-refractivity contribution in [2.45, 2.75) is 44.6 Å². The molecule has 0 fully saturated rings. The van der Waals surface area contributed by atoms with Crippen LogP contribution in [0.2, 0.25) is 5.02 Å². The molecule has 3 atom stereocenters. The molecule has 3 unspecified atom stereocenters. The molecule has 0 heterocycles. The Hall–Kier alpha value is -4.45. The Balaban J connectivity index is 1.97. The average Bonchev–Trinajstić information content (AvgIpc) is 2.97. The summed E-state index contributed by atoms with van der Waals surface area (Å²) in [5.41, 5.74) is 0.589. The van der Waals surface area contributed by atoms with Crippen LogP contribution in [-0.4, -0.2) is 48.9 Å². The number of hydrogen-bond donors (Lipinski definition) is 3. The van der Waals surface area contributed by atoms with Gasteiger partial charge in [-0.1, -0.05) is 55.8 Å². The van der Waals surface area contributed by atoms with Crippen LogP contribution >= 0.6 is 11.6 Å². The third-order valence-corrected chi connectivity index (χ3v) is 6.80. The Morgan fingerprint density at radius 1 is 0.864 bits per heavy atom. The lowest BCUT2D eigenvalue weighted by Crippen LogP contribution is -2.55. The number of amides is 3. The van der Waals surface area contributed by atoms with Gasteiger partial charge in [-0.25, -0.2) is 4.39 Å². The maximum absolute atomic E-state index is 14.0. The van der Waals surface area contributed by atoms with Crippen molar-refractivity contribution in [3.8, 4) is 5.75 Å². The fourth-order valence-electron chi connectivity index (χ4n) is 4.27. The Kier molecular flexibility index (Phi) is 11.5.